The molecule has 0 aliphatic heterocycles. The lowest BCUT2D eigenvalue weighted by molar-refractivity contribution is 0.800. The molecule has 0 fully saturated rings. The van der Waals surface area contributed by atoms with Gasteiger partial charge in [-0.25, -0.2) is 0 Å². The molecule has 0 aliphatic rings. The van der Waals surface area contributed by atoms with Crippen molar-refractivity contribution < 1.29 is 0 Å². The van der Waals surface area contributed by atoms with Crippen molar-refractivity contribution >= 4 is 33.2 Å². The van der Waals surface area contributed by atoms with Gasteiger partial charge in [0.15, 0.2) is 0 Å². The third-order valence-corrected chi connectivity index (χ3v) is 5.55. The molecule has 0 amide bonds. The summed E-state index contributed by atoms with van der Waals surface area (Å²) in [7, 11) is 0. The van der Waals surface area contributed by atoms with Crippen LogP contribution in [0.5, 0.6) is 0 Å². The number of nitrogens with zero attached hydrogens (tertiary/aromatic N) is 2. The minimum atomic E-state index is -0.175. The monoisotopic (exact) mass is 366 g/mol. The van der Waals surface area contributed by atoms with E-state index in [1.54, 1.807) is 6.33 Å². The van der Waals surface area contributed by atoms with Crippen LogP contribution in [0, 0.1) is 6.92 Å². The standard InChI is InChI=1S/C20H15ClN2OS/c1-13-2-6-15(7-3-13)18-10-17-19(25-18)20(24)22-12-23(17)11-14-4-8-16(21)9-5-14/h2-10,12H,11H2,1H3. The molecule has 124 valence electrons. The highest BCUT2D eigenvalue weighted by Gasteiger charge is 2.11. The first-order chi connectivity index (χ1) is 12.1. The highest BCUT2D eigenvalue weighted by Crippen LogP contribution is 2.32. The van der Waals surface area contributed by atoms with Crippen LogP contribution in [0.4, 0.5) is 0 Å². The van der Waals surface area contributed by atoms with E-state index in [1.807, 2.05) is 28.8 Å². The summed E-state index contributed by atoms with van der Waals surface area (Å²) < 4.78 is 2.70. The zero-order valence-corrected chi connectivity index (χ0v) is 15.1. The second-order valence-electron chi connectivity index (χ2n) is 6.00. The molecule has 4 aromatic rings. The Morgan fingerprint density at radius 2 is 1.80 bits per heavy atom. The number of hydrogen-bond acceptors (Lipinski definition) is 3. The van der Waals surface area contributed by atoms with Crippen LogP contribution in [0.25, 0.3) is 20.7 Å². The first-order valence-electron chi connectivity index (χ1n) is 7.90. The van der Waals surface area contributed by atoms with E-state index < -0.39 is 0 Å². The van der Waals surface area contributed by atoms with Crippen LogP contribution in [0.1, 0.15) is 11.1 Å². The molecule has 4 rings (SSSR count). The third kappa shape index (κ3) is 3.23. The fourth-order valence-electron chi connectivity index (χ4n) is 2.76. The molecule has 2 aromatic carbocycles. The molecule has 0 atom stereocenters. The number of fused-ring (bicyclic) bond motifs is 1. The van der Waals surface area contributed by atoms with Crippen LogP contribution < -0.4 is 5.56 Å². The predicted molar refractivity (Wildman–Crippen MR) is 105 cm³/mol. The number of aromatic nitrogens is 2. The largest absolute Gasteiger partial charge is 0.326 e. The molecule has 0 saturated heterocycles. The van der Waals surface area contributed by atoms with Gasteiger partial charge in [-0.15, -0.1) is 11.3 Å². The molecule has 0 unspecified atom stereocenters. The SMILES string of the molecule is Cc1ccc(-c2cc3c(s2)c(=O)ncn3Cc2ccc(Cl)cc2)cc1. The highest BCUT2D eigenvalue weighted by atomic mass is 35.5. The van der Waals surface area contributed by atoms with Gasteiger partial charge >= 0.3 is 0 Å². The number of halogens is 1. The van der Waals surface area contributed by atoms with Gasteiger partial charge in [-0.3, -0.25) is 4.79 Å². The van der Waals surface area contributed by atoms with Gasteiger partial charge in [-0.2, -0.15) is 4.98 Å². The lowest BCUT2D eigenvalue weighted by Crippen LogP contribution is -2.11. The Morgan fingerprint density at radius 1 is 1.08 bits per heavy atom. The first kappa shape index (κ1) is 16.1. The normalized spacial score (nSPS) is 11.1. The third-order valence-electron chi connectivity index (χ3n) is 4.13. The van der Waals surface area contributed by atoms with Gasteiger partial charge in [-0.1, -0.05) is 53.6 Å². The van der Waals surface area contributed by atoms with E-state index in [0.29, 0.717) is 16.3 Å². The molecule has 0 radical (unpaired) electrons. The molecule has 0 saturated carbocycles. The molecule has 0 bridgehead atoms. The lowest BCUT2D eigenvalue weighted by atomic mass is 10.1. The number of benzene rings is 2. The maximum Gasteiger partial charge on any atom is 0.290 e. The summed E-state index contributed by atoms with van der Waals surface area (Å²) in [6.07, 6.45) is 1.62. The van der Waals surface area contributed by atoms with Crippen LogP contribution >= 0.6 is 22.9 Å². The number of hydrogen-bond donors (Lipinski definition) is 0. The van der Waals surface area contributed by atoms with E-state index in [9.17, 15) is 4.79 Å². The van der Waals surface area contributed by atoms with Crippen LogP contribution in [-0.2, 0) is 6.54 Å². The average Bonchev–Trinajstić information content (AvgIpc) is 3.06. The second kappa shape index (κ2) is 6.47. The average molecular weight is 367 g/mol. The number of rotatable bonds is 3. The summed E-state index contributed by atoms with van der Waals surface area (Å²) in [5.41, 5.74) is 4.18. The van der Waals surface area contributed by atoms with Gasteiger partial charge in [0.2, 0.25) is 0 Å². The van der Waals surface area contributed by atoms with Gasteiger partial charge in [0.05, 0.1) is 11.8 Å². The minimum absolute atomic E-state index is 0.175. The van der Waals surface area contributed by atoms with Crippen molar-refractivity contribution in [2.24, 2.45) is 0 Å². The smallest absolute Gasteiger partial charge is 0.290 e. The summed E-state index contributed by atoms with van der Waals surface area (Å²) >= 11 is 7.45. The molecule has 0 N–H and O–H groups in total. The molecule has 3 nitrogen and oxygen atoms in total. The Labute approximate surface area is 154 Å². The van der Waals surface area contributed by atoms with Crippen LogP contribution in [0.3, 0.4) is 0 Å². The van der Waals surface area contributed by atoms with Gasteiger partial charge in [-0.05, 0) is 36.2 Å². The number of thiophene rings is 1. The summed E-state index contributed by atoms with van der Waals surface area (Å²) in [5, 5.41) is 0.712. The zero-order valence-electron chi connectivity index (χ0n) is 13.6. The summed E-state index contributed by atoms with van der Waals surface area (Å²) in [5.74, 6) is 0. The molecule has 2 aromatic heterocycles. The van der Waals surface area contributed by atoms with Crippen LogP contribution in [0.2, 0.25) is 5.02 Å². The maximum atomic E-state index is 12.2. The van der Waals surface area contributed by atoms with Crippen molar-refractivity contribution in [3.63, 3.8) is 0 Å². The molecular weight excluding hydrogens is 352 g/mol. The van der Waals surface area contributed by atoms with E-state index >= 15 is 0 Å². The Hall–Kier alpha value is -2.43. The topological polar surface area (TPSA) is 34.9 Å². The Kier molecular flexibility index (Phi) is 4.15. The molecule has 0 aliphatic carbocycles. The van der Waals surface area contributed by atoms with Crippen molar-refractivity contribution in [1.29, 1.82) is 0 Å². The quantitative estimate of drug-likeness (QED) is 0.503. The van der Waals surface area contributed by atoms with Crippen molar-refractivity contribution in [3.8, 4) is 10.4 Å². The molecule has 2 heterocycles. The van der Waals surface area contributed by atoms with Gasteiger partial charge in [0.25, 0.3) is 5.56 Å². The van der Waals surface area contributed by atoms with Crippen molar-refractivity contribution in [1.82, 2.24) is 9.55 Å². The van der Waals surface area contributed by atoms with E-state index in [0.717, 1.165) is 21.5 Å². The first-order valence-corrected chi connectivity index (χ1v) is 9.10. The van der Waals surface area contributed by atoms with Crippen molar-refractivity contribution in [2.75, 3.05) is 0 Å². The summed E-state index contributed by atoms with van der Waals surface area (Å²) in [6, 6.07) is 18.1. The van der Waals surface area contributed by atoms with E-state index in [4.69, 9.17) is 11.6 Å². The fraction of sp³-hybridized carbons (Fsp3) is 0.100. The lowest BCUT2D eigenvalue weighted by Gasteiger charge is -2.07. The molecule has 25 heavy (non-hydrogen) atoms. The van der Waals surface area contributed by atoms with Gasteiger partial charge in [0.1, 0.15) is 4.70 Å². The van der Waals surface area contributed by atoms with Gasteiger partial charge < -0.3 is 4.57 Å². The predicted octanol–water partition coefficient (Wildman–Crippen LogP) is 5.14. The van der Waals surface area contributed by atoms with Crippen molar-refractivity contribution in [3.05, 3.63) is 87.4 Å². The van der Waals surface area contributed by atoms with E-state index in [2.05, 4.69) is 42.2 Å². The number of aryl methyl sites for hydroxylation is 1. The second-order valence-corrected chi connectivity index (χ2v) is 7.48. The maximum absolute atomic E-state index is 12.2. The minimum Gasteiger partial charge on any atom is -0.326 e. The molecule has 0 spiro atoms. The summed E-state index contributed by atoms with van der Waals surface area (Å²) in [4.78, 5) is 17.3. The Bertz CT molecular complexity index is 1100. The Balaban J connectivity index is 1.80. The molecular formula is C20H15ClN2OS. The van der Waals surface area contributed by atoms with Crippen molar-refractivity contribution in [2.45, 2.75) is 13.5 Å². The Morgan fingerprint density at radius 3 is 2.52 bits per heavy atom. The van der Waals surface area contributed by atoms with Crippen LogP contribution in [0.15, 0.2) is 65.7 Å². The molecule has 5 heteroatoms. The van der Waals surface area contributed by atoms with E-state index in [-0.39, 0.29) is 5.56 Å². The fourth-order valence-corrected chi connectivity index (χ4v) is 3.95. The highest BCUT2D eigenvalue weighted by molar-refractivity contribution is 7.22. The summed E-state index contributed by atoms with van der Waals surface area (Å²) in [6.45, 7) is 2.71. The van der Waals surface area contributed by atoms with Gasteiger partial charge in [0, 0.05) is 16.4 Å². The van der Waals surface area contributed by atoms with E-state index in [1.165, 1.54) is 16.9 Å². The van der Waals surface area contributed by atoms with Crippen LogP contribution in [-0.4, -0.2) is 9.55 Å². The zero-order chi connectivity index (χ0) is 17.4.